The highest BCUT2D eigenvalue weighted by Crippen LogP contribution is 2.24. The van der Waals surface area contributed by atoms with Crippen LogP contribution in [0.3, 0.4) is 0 Å². The van der Waals surface area contributed by atoms with Gasteiger partial charge in [-0.3, -0.25) is 14.9 Å². The molecular weight excluding hydrogens is 288 g/mol. The molecule has 0 saturated carbocycles. The number of nitro groups is 1. The summed E-state index contributed by atoms with van der Waals surface area (Å²) in [5, 5.41) is 12.9. The molecule has 0 radical (unpaired) electrons. The summed E-state index contributed by atoms with van der Waals surface area (Å²) < 4.78 is 25.9. The SMILES string of the molecule is CNC(=O)CCNS(=O)(=O)c1ccc([N+](=O)[O-])c(N)c1. The average molecular weight is 302 g/mol. The molecule has 0 aliphatic carbocycles. The lowest BCUT2D eigenvalue weighted by molar-refractivity contribution is -0.383. The molecule has 0 saturated heterocycles. The van der Waals surface area contributed by atoms with E-state index in [-0.39, 0.29) is 35.1 Å². The molecule has 0 unspecified atom stereocenters. The van der Waals surface area contributed by atoms with Gasteiger partial charge in [-0.05, 0) is 12.1 Å². The topological polar surface area (TPSA) is 144 Å². The molecule has 4 N–H and O–H groups in total. The highest BCUT2D eigenvalue weighted by atomic mass is 32.2. The van der Waals surface area contributed by atoms with Crippen molar-refractivity contribution in [1.82, 2.24) is 10.0 Å². The van der Waals surface area contributed by atoms with Crippen LogP contribution in [0.2, 0.25) is 0 Å². The maximum absolute atomic E-state index is 11.9. The van der Waals surface area contributed by atoms with Gasteiger partial charge in [0, 0.05) is 26.1 Å². The zero-order chi connectivity index (χ0) is 15.3. The number of nitrogens with one attached hydrogen (secondary N) is 2. The Morgan fingerprint density at radius 2 is 2.10 bits per heavy atom. The number of nitro benzene ring substituents is 1. The number of hydrogen-bond acceptors (Lipinski definition) is 6. The molecule has 9 nitrogen and oxygen atoms in total. The monoisotopic (exact) mass is 302 g/mol. The summed E-state index contributed by atoms with van der Waals surface area (Å²) in [6, 6.07) is 3.10. The first-order chi connectivity index (χ1) is 9.27. The van der Waals surface area contributed by atoms with Crippen LogP contribution in [0.4, 0.5) is 11.4 Å². The first-order valence-corrected chi connectivity index (χ1v) is 7.00. The zero-order valence-corrected chi connectivity index (χ0v) is 11.4. The van der Waals surface area contributed by atoms with E-state index in [0.29, 0.717) is 0 Å². The van der Waals surface area contributed by atoms with Crippen LogP contribution in [0.25, 0.3) is 0 Å². The smallest absolute Gasteiger partial charge is 0.292 e. The van der Waals surface area contributed by atoms with Crippen molar-refractivity contribution in [2.24, 2.45) is 0 Å². The maximum Gasteiger partial charge on any atom is 0.292 e. The van der Waals surface area contributed by atoms with Crippen LogP contribution in [0.1, 0.15) is 6.42 Å². The lowest BCUT2D eigenvalue weighted by Gasteiger charge is -2.07. The number of rotatable bonds is 6. The van der Waals surface area contributed by atoms with Gasteiger partial charge >= 0.3 is 0 Å². The largest absolute Gasteiger partial charge is 0.393 e. The molecule has 1 aromatic carbocycles. The van der Waals surface area contributed by atoms with Gasteiger partial charge in [-0.25, -0.2) is 13.1 Å². The maximum atomic E-state index is 11.9. The van der Waals surface area contributed by atoms with Gasteiger partial charge in [0.15, 0.2) is 0 Å². The minimum atomic E-state index is -3.86. The first-order valence-electron chi connectivity index (χ1n) is 5.52. The van der Waals surface area contributed by atoms with Gasteiger partial charge in [-0.2, -0.15) is 0 Å². The second-order valence-corrected chi connectivity index (χ2v) is 5.57. The van der Waals surface area contributed by atoms with Gasteiger partial charge in [0.05, 0.1) is 9.82 Å². The summed E-state index contributed by atoms with van der Waals surface area (Å²) in [5.74, 6) is -0.309. The molecule has 0 aromatic heterocycles. The molecule has 1 amide bonds. The molecule has 110 valence electrons. The van der Waals surface area contributed by atoms with Gasteiger partial charge < -0.3 is 11.1 Å². The number of nitrogens with zero attached hydrogens (tertiary/aromatic N) is 1. The Bertz CT molecular complexity index is 629. The minimum absolute atomic E-state index is 0.0157. The fourth-order valence-corrected chi connectivity index (χ4v) is 2.44. The standard InChI is InChI=1S/C10H14N4O5S/c1-12-10(15)4-5-13-20(18,19)7-2-3-9(14(16)17)8(11)6-7/h2-3,6,13H,4-5,11H2,1H3,(H,12,15). The summed E-state index contributed by atoms with van der Waals surface area (Å²) in [6.07, 6.45) is -0.0157. The molecule has 20 heavy (non-hydrogen) atoms. The summed E-state index contributed by atoms with van der Waals surface area (Å²) in [6.45, 7) is -0.0844. The number of carbonyl (C=O) groups is 1. The molecular formula is C10H14N4O5S. The van der Waals surface area contributed by atoms with E-state index < -0.39 is 14.9 Å². The van der Waals surface area contributed by atoms with Crippen LogP contribution in [-0.4, -0.2) is 32.8 Å². The van der Waals surface area contributed by atoms with E-state index >= 15 is 0 Å². The van der Waals surface area contributed by atoms with Gasteiger partial charge in [0.25, 0.3) is 5.69 Å². The lowest BCUT2D eigenvalue weighted by Crippen LogP contribution is -2.29. The van der Waals surface area contributed by atoms with Crippen molar-refractivity contribution in [2.45, 2.75) is 11.3 Å². The third kappa shape index (κ3) is 3.90. The van der Waals surface area contributed by atoms with E-state index in [0.717, 1.165) is 18.2 Å². The highest BCUT2D eigenvalue weighted by molar-refractivity contribution is 7.89. The Balaban J connectivity index is 2.85. The number of amides is 1. The van der Waals surface area contributed by atoms with Crippen molar-refractivity contribution in [2.75, 3.05) is 19.3 Å². The summed E-state index contributed by atoms with van der Waals surface area (Å²) >= 11 is 0. The van der Waals surface area contributed by atoms with Gasteiger partial charge in [0.2, 0.25) is 15.9 Å². The van der Waals surface area contributed by atoms with Crippen LogP contribution in [0, 0.1) is 10.1 Å². The van der Waals surface area contributed by atoms with Crippen LogP contribution < -0.4 is 15.8 Å². The molecule has 0 aliphatic heterocycles. The fourth-order valence-electron chi connectivity index (χ4n) is 1.37. The zero-order valence-electron chi connectivity index (χ0n) is 10.6. The van der Waals surface area contributed by atoms with Crippen LogP contribution in [0.5, 0.6) is 0 Å². The van der Waals surface area contributed by atoms with Crippen LogP contribution in [0.15, 0.2) is 23.1 Å². The average Bonchev–Trinajstić information content (AvgIpc) is 2.37. The Hall–Kier alpha value is -2.20. The molecule has 0 spiro atoms. The molecule has 0 fully saturated rings. The third-order valence-electron chi connectivity index (χ3n) is 2.43. The van der Waals surface area contributed by atoms with E-state index in [1.165, 1.54) is 7.05 Å². The quantitative estimate of drug-likeness (QED) is 0.370. The van der Waals surface area contributed by atoms with E-state index in [1.54, 1.807) is 0 Å². The van der Waals surface area contributed by atoms with Crippen LogP contribution >= 0.6 is 0 Å². The number of sulfonamides is 1. The summed E-state index contributed by atoms with van der Waals surface area (Å²) in [7, 11) is -2.42. The summed E-state index contributed by atoms with van der Waals surface area (Å²) in [5.41, 5.74) is 4.81. The van der Waals surface area contributed by atoms with Crippen molar-refractivity contribution < 1.29 is 18.1 Å². The molecule has 0 atom stereocenters. The molecule has 1 rings (SSSR count). The normalized spacial score (nSPS) is 11.1. The van der Waals surface area contributed by atoms with E-state index in [4.69, 9.17) is 5.73 Å². The summed E-state index contributed by atoms with van der Waals surface area (Å²) in [4.78, 5) is 20.6. The van der Waals surface area contributed by atoms with Crippen molar-refractivity contribution in [3.8, 4) is 0 Å². The van der Waals surface area contributed by atoms with Gasteiger partial charge in [0.1, 0.15) is 5.69 Å². The Labute approximate surface area is 115 Å². The number of benzene rings is 1. The number of nitrogens with two attached hydrogens (primary N) is 1. The van der Waals surface area contributed by atoms with E-state index in [1.807, 2.05) is 0 Å². The minimum Gasteiger partial charge on any atom is -0.393 e. The Kier molecular flexibility index (Phi) is 5.00. The van der Waals surface area contributed by atoms with Gasteiger partial charge in [-0.15, -0.1) is 0 Å². The Morgan fingerprint density at radius 1 is 1.45 bits per heavy atom. The molecule has 0 heterocycles. The van der Waals surface area contributed by atoms with Crippen molar-refractivity contribution in [3.05, 3.63) is 28.3 Å². The number of hydrogen-bond donors (Lipinski definition) is 3. The predicted octanol–water partition coefficient (Wildman–Crippen LogP) is -0.409. The van der Waals surface area contributed by atoms with Gasteiger partial charge in [-0.1, -0.05) is 0 Å². The second-order valence-electron chi connectivity index (χ2n) is 3.80. The highest BCUT2D eigenvalue weighted by Gasteiger charge is 2.18. The third-order valence-corrected chi connectivity index (χ3v) is 3.89. The van der Waals surface area contributed by atoms with E-state index in [2.05, 4.69) is 10.0 Å². The number of anilines is 1. The number of nitrogen functional groups attached to an aromatic ring is 1. The van der Waals surface area contributed by atoms with Crippen molar-refractivity contribution in [3.63, 3.8) is 0 Å². The molecule has 0 bridgehead atoms. The Morgan fingerprint density at radius 3 is 2.60 bits per heavy atom. The van der Waals surface area contributed by atoms with Crippen molar-refractivity contribution >= 4 is 27.3 Å². The molecule has 0 aliphatic rings. The van der Waals surface area contributed by atoms with E-state index in [9.17, 15) is 23.3 Å². The fraction of sp³-hybridized carbons (Fsp3) is 0.300. The van der Waals surface area contributed by atoms with Crippen molar-refractivity contribution in [1.29, 1.82) is 0 Å². The lowest BCUT2D eigenvalue weighted by atomic mass is 10.3. The first kappa shape index (κ1) is 15.9. The molecule has 10 heteroatoms. The van der Waals surface area contributed by atoms with Crippen LogP contribution in [-0.2, 0) is 14.8 Å². The number of carbonyl (C=O) groups excluding carboxylic acids is 1. The predicted molar refractivity (Wildman–Crippen MR) is 71.4 cm³/mol. The second kappa shape index (κ2) is 6.30. The molecule has 1 aromatic rings.